The van der Waals surface area contributed by atoms with Crippen LogP contribution in [-0.2, 0) is 10.0 Å². The van der Waals surface area contributed by atoms with E-state index in [0.29, 0.717) is 11.3 Å². The summed E-state index contributed by atoms with van der Waals surface area (Å²) in [5.41, 5.74) is 2.92. The van der Waals surface area contributed by atoms with E-state index in [1.807, 2.05) is 32.2 Å². The zero-order chi connectivity index (χ0) is 19.6. The zero-order valence-corrected chi connectivity index (χ0v) is 17.4. The molecule has 0 radical (unpaired) electrons. The number of hydrogen-bond donors (Lipinski definition) is 1. The molecule has 0 spiro atoms. The summed E-state index contributed by atoms with van der Waals surface area (Å²) in [7, 11) is -3.78. The molecule has 2 aromatic carbocycles. The summed E-state index contributed by atoms with van der Waals surface area (Å²) in [5, 5.41) is 0. The van der Waals surface area contributed by atoms with E-state index in [2.05, 4.69) is 4.72 Å². The van der Waals surface area contributed by atoms with Crippen molar-refractivity contribution < 1.29 is 13.2 Å². The highest BCUT2D eigenvalue weighted by Gasteiger charge is 2.24. The third-order valence-corrected chi connectivity index (χ3v) is 6.89. The maximum atomic E-state index is 12.9. The average Bonchev–Trinajstić information content (AvgIpc) is 3.17. The molecule has 1 saturated heterocycles. The monoisotopic (exact) mass is 404 g/mol. The van der Waals surface area contributed by atoms with Crippen LogP contribution < -0.4 is 4.72 Å². The number of carbonyl (C=O) groups is 1. The molecule has 0 saturated carbocycles. The van der Waals surface area contributed by atoms with E-state index in [1.165, 1.54) is 17.8 Å². The molecular formula is C20H24N2O3S2. The first kappa shape index (κ1) is 19.8. The fourth-order valence-electron chi connectivity index (χ4n) is 3.24. The van der Waals surface area contributed by atoms with Gasteiger partial charge in [-0.3, -0.25) is 9.52 Å². The Morgan fingerprint density at radius 2 is 1.78 bits per heavy atom. The van der Waals surface area contributed by atoms with Crippen LogP contribution in [0.5, 0.6) is 0 Å². The number of thioether (sulfide) groups is 1. The van der Waals surface area contributed by atoms with Crippen LogP contribution in [0, 0.1) is 13.8 Å². The number of anilines is 1. The Morgan fingerprint density at radius 1 is 1.07 bits per heavy atom. The molecule has 0 aliphatic carbocycles. The molecule has 0 aromatic heterocycles. The number of benzene rings is 2. The lowest BCUT2D eigenvalue weighted by molar-refractivity contribution is 0.0789. The number of nitrogens with zero attached hydrogens (tertiary/aromatic N) is 1. The van der Waals surface area contributed by atoms with Gasteiger partial charge < -0.3 is 4.90 Å². The summed E-state index contributed by atoms with van der Waals surface area (Å²) in [6.45, 7) is 5.28. The SMILES string of the molecule is CSc1ccc(S(=O)(=O)Nc2ccc(C)cc2C)cc1C(=O)N1CCCC1. The predicted octanol–water partition coefficient (Wildman–Crippen LogP) is 4.06. The van der Waals surface area contributed by atoms with Crippen LogP contribution in [0.2, 0.25) is 0 Å². The molecule has 1 fully saturated rings. The van der Waals surface area contributed by atoms with Crippen LogP contribution in [-0.4, -0.2) is 38.6 Å². The van der Waals surface area contributed by atoms with Gasteiger partial charge >= 0.3 is 0 Å². The Balaban J connectivity index is 1.95. The number of hydrogen-bond acceptors (Lipinski definition) is 4. The fourth-order valence-corrected chi connectivity index (χ4v) is 4.97. The average molecular weight is 405 g/mol. The van der Waals surface area contributed by atoms with E-state index >= 15 is 0 Å². The van der Waals surface area contributed by atoms with E-state index < -0.39 is 10.0 Å². The van der Waals surface area contributed by atoms with E-state index in [9.17, 15) is 13.2 Å². The van der Waals surface area contributed by atoms with Gasteiger partial charge in [0.25, 0.3) is 15.9 Å². The van der Waals surface area contributed by atoms with Gasteiger partial charge in [-0.1, -0.05) is 17.7 Å². The fraction of sp³-hybridized carbons (Fsp3) is 0.350. The van der Waals surface area contributed by atoms with Crippen LogP contribution in [0.25, 0.3) is 0 Å². The molecule has 1 heterocycles. The maximum Gasteiger partial charge on any atom is 0.261 e. The summed E-state index contributed by atoms with van der Waals surface area (Å²) in [6, 6.07) is 10.3. The largest absolute Gasteiger partial charge is 0.339 e. The highest BCUT2D eigenvalue weighted by atomic mass is 32.2. The molecule has 0 atom stereocenters. The molecule has 3 rings (SSSR count). The predicted molar refractivity (Wildman–Crippen MR) is 110 cm³/mol. The van der Waals surface area contributed by atoms with Crippen molar-refractivity contribution in [3.63, 3.8) is 0 Å². The normalized spacial score (nSPS) is 14.4. The lowest BCUT2D eigenvalue weighted by Gasteiger charge is -2.18. The number of aryl methyl sites for hydroxylation is 2. The summed E-state index contributed by atoms with van der Waals surface area (Å²) in [5.74, 6) is -0.0968. The minimum absolute atomic E-state index is 0.0968. The van der Waals surface area contributed by atoms with Crippen LogP contribution in [0.15, 0.2) is 46.2 Å². The van der Waals surface area contributed by atoms with Gasteiger partial charge in [-0.25, -0.2) is 8.42 Å². The zero-order valence-electron chi connectivity index (χ0n) is 15.8. The second kappa shape index (κ2) is 7.94. The molecule has 0 unspecified atom stereocenters. The van der Waals surface area contributed by atoms with E-state index in [4.69, 9.17) is 0 Å². The lowest BCUT2D eigenvalue weighted by Crippen LogP contribution is -2.28. The molecule has 5 nitrogen and oxygen atoms in total. The lowest BCUT2D eigenvalue weighted by atomic mass is 10.1. The molecule has 1 N–H and O–H groups in total. The molecule has 144 valence electrons. The Kier molecular flexibility index (Phi) is 5.81. The molecule has 27 heavy (non-hydrogen) atoms. The Bertz CT molecular complexity index is 965. The quantitative estimate of drug-likeness (QED) is 0.763. The van der Waals surface area contributed by atoms with Crippen molar-refractivity contribution in [2.45, 2.75) is 36.5 Å². The van der Waals surface area contributed by atoms with Crippen molar-refractivity contribution >= 4 is 33.4 Å². The first-order chi connectivity index (χ1) is 12.8. The summed E-state index contributed by atoms with van der Waals surface area (Å²) < 4.78 is 28.4. The van der Waals surface area contributed by atoms with Crippen molar-refractivity contribution in [1.82, 2.24) is 4.90 Å². The summed E-state index contributed by atoms with van der Waals surface area (Å²) in [4.78, 5) is 15.5. The van der Waals surface area contributed by atoms with Crippen molar-refractivity contribution in [2.24, 2.45) is 0 Å². The smallest absolute Gasteiger partial charge is 0.261 e. The van der Waals surface area contributed by atoms with E-state index in [1.54, 1.807) is 23.1 Å². The third-order valence-electron chi connectivity index (χ3n) is 4.73. The highest BCUT2D eigenvalue weighted by molar-refractivity contribution is 7.98. The first-order valence-electron chi connectivity index (χ1n) is 8.89. The molecule has 1 amide bonds. The molecular weight excluding hydrogens is 380 g/mol. The van der Waals surface area contributed by atoms with Gasteiger partial charge in [0, 0.05) is 18.0 Å². The number of carbonyl (C=O) groups excluding carboxylic acids is 1. The number of amides is 1. The van der Waals surface area contributed by atoms with Gasteiger partial charge in [-0.15, -0.1) is 11.8 Å². The molecule has 1 aliphatic rings. The van der Waals surface area contributed by atoms with Gasteiger partial charge in [0.15, 0.2) is 0 Å². The highest BCUT2D eigenvalue weighted by Crippen LogP contribution is 2.28. The number of sulfonamides is 1. The van der Waals surface area contributed by atoms with Gasteiger partial charge in [-0.05, 0) is 62.8 Å². The third kappa shape index (κ3) is 4.30. The van der Waals surface area contributed by atoms with Gasteiger partial charge in [0.2, 0.25) is 0 Å². The van der Waals surface area contributed by atoms with Crippen LogP contribution in [0.4, 0.5) is 5.69 Å². The standard InChI is InChI=1S/C20H24N2O3S2/c1-14-6-8-18(15(2)12-14)21-27(24,25)16-7-9-19(26-3)17(13-16)20(23)22-10-4-5-11-22/h6-9,12-13,21H,4-5,10-11H2,1-3H3. The Morgan fingerprint density at radius 3 is 2.41 bits per heavy atom. The van der Waals surface area contributed by atoms with E-state index in [0.717, 1.165) is 42.0 Å². The van der Waals surface area contributed by atoms with Gasteiger partial charge in [0.05, 0.1) is 16.1 Å². The first-order valence-corrected chi connectivity index (χ1v) is 11.6. The molecule has 2 aromatic rings. The second-order valence-corrected chi connectivity index (χ2v) is 9.32. The number of likely N-dealkylation sites (tertiary alicyclic amines) is 1. The number of nitrogens with one attached hydrogen (secondary N) is 1. The van der Waals surface area contributed by atoms with Gasteiger partial charge in [-0.2, -0.15) is 0 Å². The van der Waals surface area contributed by atoms with Crippen molar-refractivity contribution in [2.75, 3.05) is 24.1 Å². The number of rotatable bonds is 5. The second-order valence-electron chi connectivity index (χ2n) is 6.79. The Hall–Kier alpha value is -1.99. The van der Waals surface area contributed by atoms with Crippen LogP contribution in [0.1, 0.15) is 34.3 Å². The molecule has 1 aliphatic heterocycles. The topological polar surface area (TPSA) is 66.5 Å². The maximum absolute atomic E-state index is 12.9. The minimum atomic E-state index is -3.78. The van der Waals surface area contributed by atoms with Gasteiger partial charge in [0.1, 0.15) is 0 Å². The van der Waals surface area contributed by atoms with Crippen molar-refractivity contribution in [3.8, 4) is 0 Å². The molecule has 7 heteroatoms. The minimum Gasteiger partial charge on any atom is -0.339 e. The van der Waals surface area contributed by atoms with Crippen LogP contribution in [0.3, 0.4) is 0 Å². The summed E-state index contributed by atoms with van der Waals surface area (Å²) >= 11 is 1.45. The van der Waals surface area contributed by atoms with Crippen molar-refractivity contribution in [1.29, 1.82) is 0 Å². The van der Waals surface area contributed by atoms with Crippen molar-refractivity contribution in [3.05, 3.63) is 53.1 Å². The Labute approximate surface area is 165 Å². The summed E-state index contributed by atoms with van der Waals surface area (Å²) in [6.07, 6.45) is 3.87. The van der Waals surface area contributed by atoms with E-state index in [-0.39, 0.29) is 10.8 Å². The molecule has 0 bridgehead atoms. The van der Waals surface area contributed by atoms with Crippen LogP contribution >= 0.6 is 11.8 Å².